The van der Waals surface area contributed by atoms with Gasteiger partial charge in [-0.1, -0.05) is 25.1 Å². The van der Waals surface area contributed by atoms with Crippen molar-refractivity contribution in [2.24, 2.45) is 11.7 Å². The Labute approximate surface area is 138 Å². The minimum absolute atomic E-state index is 0. The fourth-order valence-electron chi connectivity index (χ4n) is 3.04. The average molecular weight is 329 g/mol. The van der Waals surface area contributed by atoms with E-state index in [0.29, 0.717) is 17.9 Å². The van der Waals surface area contributed by atoms with Gasteiger partial charge in [0.2, 0.25) is 5.91 Å². The van der Waals surface area contributed by atoms with Crippen molar-refractivity contribution in [3.8, 4) is 0 Å². The lowest BCUT2D eigenvalue weighted by atomic mass is 9.91. The fourth-order valence-corrected chi connectivity index (χ4v) is 3.04. The lowest BCUT2D eigenvalue weighted by Crippen LogP contribution is -2.45. The first-order chi connectivity index (χ1) is 9.99. The Bertz CT molecular complexity index is 495. The summed E-state index contributed by atoms with van der Waals surface area (Å²) in [5.74, 6) is 0.154. The van der Waals surface area contributed by atoms with Gasteiger partial charge in [-0.25, -0.2) is 4.39 Å². The van der Waals surface area contributed by atoms with Crippen LogP contribution in [0.3, 0.4) is 0 Å². The molecule has 0 bridgehead atoms. The predicted octanol–water partition coefficient (Wildman–Crippen LogP) is 3.33. The van der Waals surface area contributed by atoms with Crippen LogP contribution in [0.5, 0.6) is 0 Å². The highest BCUT2D eigenvalue weighted by atomic mass is 35.5. The van der Waals surface area contributed by atoms with Crippen LogP contribution in [-0.2, 0) is 4.79 Å². The molecular formula is C17H26ClFN2O. The molecule has 1 aliphatic heterocycles. The highest BCUT2D eigenvalue weighted by molar-refractivity contribution is 5.85. The lowest BCUT2D eigenvalue weighted by molar-refractivity contribution is -0.133. The number of nitrogens with zero attached hydrogens (tertiary/aromatic N) is 1. The van der Waals surface area contributed by atoms with E-state index in [2.05, 4.69) is 0 Å². The van der Waals surface area contributed by atoms with Gasteiger partial charge in [0.25, 0.3) is 0 Å². The van der Waals surface area contributed by atoms with Crippen LogP contribution in [-0.4, -0.2) is 29.9 Å². The maximum absolute atomic E-state index is 13.8. The first kappa shape index (κ1) is 18.9. The molecule has 1 aliphatic rings. The zero-order valence-electron chi connectivity index (χ0n) is 13.3. The number of hydrogen-bond acceptors (Lipinski definition) is 2. The summed E-state index contributed by atoms with van der Waals surface area (Å²) in [6.45, 7) is 5.44. The highest BCUT2D eigenvalue weighted by Crippen LogP contribution is 2.25. The zero-order valence-corrected chi connectivity index (χ0v) is 14.1. The molecule has 1 fully saturated rings. The Balaban J connectivity index is 0.00000242. The summed E-state index contributed by atoms with van der Waals surface area (Å²) in [6.07, 6.45) is 2.45. The Morgan fingerprint density at radius 1 is 1.41 bits per heavy atom. The van der Waals surface area contributed by atoms with Crippen molar-refractivity contribution in [3.63, 3.8) is 0 Å². The van der Waals surface area contributed by atoms with Gasteiger partial charge in [0, 0.05) is 25.6 Å². The standard InChI is InChI=1S/C17H25FN2O.ClH/c1-12(15-7-3-4-8-16(15)18)10-17(21)20-9-5-6-14(11-20)13(2)19;/h3-4,7-8,12-14H,5-6,9-11,19H2,1-2H3;1H. The van der Waals surface area contributed by atoms with E-state index in [4.69, 9.17) is 5.73 Å². The van der Waals surface area contributed by atoms with Crippen LogP contribution in [0.15, 0.2) is 24.3 Å². The van der Waals surface area contributed by atoms with E-state index in [0.717, 1.165) is 25.9 Å². The van der Waals surface area contributed by atoms with Crippen LogP contribution in [0.2, 0.25) is 0 Å². The van der Waals surface area contributed by atoms with Gasteiger partial charge < -0.3 is 10.6 Å². The number of carbonyl (C=O) groups is 1. The number of rotatable bonds is 4. The topological polar surface area (TPSA) is 46.3 Å². The molecule has 0 radical (unpaired) electrons. The molecular weight excluding hydrogens is 303 g/mol. The van der Waals surface area contributed by atoms with E-state index in [1.165, 1.54) is 6.07 Å². The Hall–Kier alpha value is -1.13. The molecule has 1 saturated heterocycles. The Morgan fingerprint density at radius 2 is 2.09 bits per heavy atom. The molecule has 0 spiro atoms. The van der Waals surface area contributed by atoms with Gasteiger partial charge >= 0.3 is 0 Å². The SMILES string of the molecule is CC(CC(=O)N1CCCC(C(C)N)C1)c1ccccc1F.Cl. The Morgan fingerprint density at radius 3 is 2.73 bits per heavy atom. The van der Waals surface area contributed by atoms with Crippen LogP contribution >= 0.6 is 12.4 Å². The molecule has 0 aliphatic carbocycles. The number of likely N-dealkylation sites (tertiary alicyclic amines) is 1. The molecule has 124 valence electrons. The Kier molecular flexibility index (Phi) is 7.30. The monoisotopic (exact) mass is 328 g/mol. The maximum Gasteiger partial charge on any atom is 0.223 e. The van der Waals surface area contributed by atoms with Gasteiger partial charge in [0.15, 0.2) is 0 Å². The maximum atomic E-state index is 13.8. The zero-order chi connectivity index (χ0) is 15.4. The molecule has 2 rings (SSSR count). The summed E-state index contributed by atoms with van der Waals surface area (Å²) in [7, 11) is 0. The van der Waals surface area contributed by atoms with E-state index in [1.54, 1.807) is 12.1 Å². The van der Waals surface area contributed by atoms with Crippen LogP contribution in [0.25, 0.3) is 0 Å². The third kappa shape index (κ3) is 4.68. The number of hydrogen-bond donors (Lipinski definition) is 1. The molecule has 1 aromatic carbocycles. The van der Waals surface area contributed by atoms with Crippen molar-refractivity contribution < 1.29 is 9.18 Å². The summed E-state index contributed by atoms with van der Waals surface area (Å²) >= 11 is 0. The van der Waals surface area contributed by atoms with Gasteiger partial charge in [-0.3, -0.25) is 4.79 Å². The second-order valence-electron chi connectivity index (χ2n) is 6.23. The number of amides is 1. The molecule has 22 heavy (non-hydrogen) atoms. The normalized spacial score (nSPS) is 20.9. The minimum Gasteiger partial charge on any atom is -0.342 e. The minimum atomic E-state index is -0.232. The summed E-state index contributed by atoms with van der Waals surface area (Å²) in [5, 5.41) is 0. The van der Waals surface area contributed by atoms with Crippen LogP contribution < -0.4 is 5.73 Å². The molecule has 3 atom stereocenters. The molecule has 3 unspecified atom stereocenters. The number of carbonyl (C=O) groups excluding carboxylic acids is 1. The van der Waals surface area contributed by atoms with Crippen LogP contribution in [0.1, 0.15) is 44.6 Å². The summed E-state index contributed by atoms with van der Waals surface area (Å²) in [6, 6.07) is 6.81. The average Bonchev–Trinajstić information content (AvgIpc) is 2.47. The number of benzene rings is 1. The second kappa shape index (κ2) is 8.49. The first-order valence-corrected chi connectivity index (χ1v) is 7.76. The lowest BCUT2D eigenvalue weighted by Gasteiger charge is -2.35. The molecule has 1 amide bonds. The third-order valence-electron chi connectivity index (χ3n) is 4.47. The van der Waals surface area contributed by atoms with Crippen LogP contribution in [0.4, 0.5) is 4.39 Å². The van der Waals surface area contributed by atoms with E-state index >= 15 is 0 Å². The largest absolute Gasteiger partial charge is 0.342 e. The summed E-state index contributed by atoms with van der Waals surface area (Å²) in [4.78, 5) is 14.3. The second-order valence-corrected chi connectivity index (χ2v) is 6.23. The van der Waals surface area contributed by atoms with Gasteiger partial charge in [-0.05, 0) is 43.2 Å². The molecule has 1 aromatic rings. The summed E-state index contributed by atoms with van der Waals surface area (Å²) in [5.41, 5.74) is 6.57. The van der Waals surface area contributed by atoms with E-state index in [-0.39, 0.29) is 36.1 Å². The fraction of sp³-hybridized carbons (Fsp3) is 0.588. The van der Waals surface area contributed by atoms with Crippen LogP contribution in [0, 0.1) is 11.7 Å². The molecule has 5 heteroatoms. The van der Waals surface area contributed by atoms with Crippen molar-refractivity contribution in [1.82, 2.24) is 4.90 Å². The highest BCUT2D eigenvalue weighted by Gasteiger charge is 2.27. The smallest absolute Gasteiger partial charge is 0.223 e. The number of nitrogens with two attached hydrogens (primary N) is 1. The molecule has 0 saturated carbocycles. The van der Waals surface area contributed by atoms with Crippen molar-refractivity contribution in [3.05, 3.63) is 35.6 Å². The van der Waals surface area contributed by atoms with E-state index < -0.39 is 0 Å². The number of piperidine rings is 1. The van der Waals surface area contributed by atoms with Crippen molar-refractivity contribution in [2.75, 3.05) is 13.1 Å². The quantitative estimate of drug-likeness (QED) is 0.921. The van der Waals surface area contributed by atoms with Gasteiger partial charge in [0.1, 0.15) is 5.82 Å². The molecule has 2 N–H and O–H groups in total. The molecule has 1 heterocycles. The van der Waals surface area contributed by atoms with Gasteiger partial charge in [-0.2, -0.15) is 0 Å². The van der Waals surface area contributed by atoms with E-state index in [9.17, 15) is 9.18 Å². The summed E-state index contributed by atoms with van der Waals surface area (Å²) < 4.78 is 13.8. The third-order valence-corrected chi connectivity index (χ3v) is 4.47. The van der Waals surface area contributed by atoms with Gasteiger partial charge in [-0.15, -0.1) is 12.4 Å². The first-order valence-electron chi connectivity index (χ1n) is 7.76. The van der Waals surface area contributed by atoms with Crippen molar-refractivity contribution >= 4 is 18.3 Å². The van der Waals surface area contributed by atoms with E-state index in [1.807, 2.05) is 24.8 Å². The van der Waals surface area contributed by atoms with Crippen molar-refractivity contribution in [2.45, 2.75) is 45.1 Å². The number of halogens is 2. The molecule has 0 aromatic heterocycles. The van der Waals surface area contributed by atoms with Crippen molar-refractivity contribution in [1.29, 1.82) is 0 Å². The molecule has 3 nitrogen and oxygen atoms in total. The van der Waals surface area contributed by atoms with Gasteiger partial charge in [0.05, 0.1) is 0 Å². The predicted molar refractivity (Wildman–Crippen MR) is 89.6 cm³/mol.